The summed E-state index contributed by atoms with van der Waals surface area (Å²) in [6.45, 7) is -0.958. The van der Waals surface area contributed by atoms with Gasteiger partial charge in [-0.15, -0.1) is 13.2 Å². The highest BCUT2D eigenvalue weighted by Gasteiger charge is 2.70. The number of halogens is 4. The molecule has 6 rings (SSSR count). The van der Waals surface area contributed by atoms with Crippen molar-refractivity contribution in [2.75, 3.05) is 13.2 Å². The molecule has 1 aromatic heterocycles. The number of aliphatic hydroxyl groups is 1. The predicted octanol–water partition coefficient (Wildman–Crippen LogP) is 2.48. The van der Waals surface area contributed by atoms with Crippen LogP contribution in [0.5, 0.6) is 11.6 Å². The van der Waals surface area contributed by atoms with Crippen molar-refractivity contribution in [3.05, 3.63) is 35.0 Å². The molecule has 3 saturated carbocycles. The number of amides is 1. The Hall–Kier alpha value is -2.57. The number of hydrogen-bond donors (Lipinski definition) is 2. The van der Waals surface area contributed by atoms with Crippen LogP contribution in [0, 0.1) is 0 Å². The quantitative estimate of drug-likeness (QED) is 0.576. The molecule has 3 aliphatic carbocycles. The molecule has 1 aliphatic heterocycles. The summed E-state index contributed by atoms with van der Waals surface area (Å²) < 4.78 is 52.1. The molecule has 9 nitrogen and oxygen atoms in total. The Balaban J connectivity index is 1.12. The van der Waals surface area contributed by atoms with Crippen molar-refractivity contribution in [1.82, 2.24) is 20.3 Å². The molecule has 2 aromatic rings. The van der Waals surface area contributed by atoms with Crippen LogP contribution in [-0.4, -0.2) is 57.2 Å². The van der Waals surface area contributed by atoms with E-state index in [1.54, 1.807) is 22.9 Å². The number of rotatable bonds is 7. The zero-order valence-corrected chi connectivity index (χ0v) is 17.9. The maximum absolute atomic E-state index is 12.8. The van der Waals surface area contributed by atoms with E-state index in [1.807, 2.05) is 0 Å². The molecule has 0 radical (unpaired) electrons. The van der Waals surface area contributed by atoms with Gasteiger partial charge < -0.3 is 19.9 Å². The number of benzene rings is 1. The van der Waals surface area contributed by atoms with E-state index in [2.05, 4.69) is 20.4 Å². The lowest BCUT2D eigenvalue weighted by molar-refractivity contribution is -0.325. The van der Waals surface area contributed by atoms with E-state index in [-0.39, 0.29) is 35.9 Å². The zero-order valence-electron chi connectivity index (χ0n) is 17.1. The van der Waals surface area contributed by atoms with Crippen molar-refractivity contribution >= 4 is 17.5 Å². The normalized spacial score (nSPS) is 29.8. The third-order valence-electron chi connectivity index (χ3n) is 6.28. The molecule has 0 saturated heterocycles. The molecule has 1 amide bonds. The number of aromatic nitrogens is 3. The van der Waals surface area contributed by atoms with Crippen molar-refractivity contribution in [2.24, 2.45) is 0 Å². The first-order valence-electron chi connectivity index (χ1n) is 10.3. The Morgan fingerprint density at radius 3 is 2.82 bits per heavy atom. The molecule has 3 fully saturated rings. The first-order valence-corrected chi connectivity index (χ1v) is 10.7. The van der Waals surface area contributed by atoms with Crippen LogP contribution >= 0.6 is 11.6 Å². The van der Waals surface area contributed by atoms with Gasteiger partial charge in [-0.25, -0.2) is 4.68 Å². The molecule has 2 N–H and O–H groups in total. The highest BCUT2D eigenvalue weighted by Crippen LogP contribution is 2.65. The van der Waals surface area contributed by atoms with Crippen LogP contribution in [0.4, 0.5) is 13.2 Å². The van der Waals surface area contributed by atoms with Crippen LogP contribution in [0.25, 0.3) is 0 Å². The average Bonchev–Trinajstić information content (AvgIpc) is 3.15. The molecular weight excluding hydrogens is 469 g/mol. The summed E-state index contributed by atoms with van der Waals surface area (Å²) in [5.41, 5.74) is -0.120. The third kappa shape index (κ3) is 4.22. The van der Waals surface area contributed by atoms with Crippen LogP contribution in [0.1, 0.15) is 37.4 Å². The molecule has 33 heavy (non-hydrogen) atoms. The number of alkyl halides is 3. The lowest BCUT2D eigenvalue weighted by Gasteiger charge is -2.69. The fraction of sp³-hybridized carbons (Fsp3) is 0.550. The lowest BCUT2D eigenvalue weighted by atomic mass is 9.44. The molecule has 178 valence electrons. The molecule has 0 unspecified atom stereocenters. The van der Waals surface area contributed by atoms with E-state index in [0.29, 0.717) is 35.6 Å². The van der Waals surface area contributed by atoms with Crippen LogP contribution in [-0.2, 0) is 15.1 Å². The molecule has 2 heterocycles. The van der Waals surface area contributed by atoms with E-state index in [4.69, 9.17) is 21.1 Å². The van der Waals surface area contributed by atoms with Gasteiger partial charge in [0.1, 0.15) is 12.4 Å². The molecule has 2 atom stereocenters. The molecule has 4 aliphatic rings. The number of carbonyl (C=O) groups is 1. The minimum atomic E-state index is -4.70. The van der Waals surface area contributed by atoms with Gasteiger partial charge in [-0.3, -0.25) is 9.53 Å². The maximum Gasteiger partial charge on any atom is 0.522 e. The van der Waals surface area contributed by atoms with E-state index in [1.165, 1.54) is 6.20 Å². The number of nitrogens with one attached hydrogen (secondary N) is 1. The van der Waals surface area contributed by atoms with Crippen molar-refractivity contribution in [3.63, 3.8) is 0 Å². The Morgan fingerprint density at radius 1 is 1.33 bits per heavy atom. The SMILES string of the molecule is O=C(NC12CC(n3cc(OCCOC(F)(F)F)nn3)(C1)C2)[C@H]1C[C@@H](O)c2cc(Cl)ccc2O1. The second-order valence-electron chi connectivity index (χ2n) is 8.71. The van der Waals surface area contributed by atoms with Gasteiger partial charge in [-0.2, -0.15) is 0 Å². The number of aliphatic hydroxyl groups excluding tert-OH is 1. The Bertz CT molecular complexity index is 1060. The number of ether oxygens (including phenoxy) is 3. The molecule has 13 heteroatoms. The lowest BCUT2D eigenvalue weighted by Crippen LogP contribution is -2.79. The number of hydrogen-bond acceptors (Lipinski definition) is 7. The fourth-order valence-corrected chi connectivity index (χ4v) is 5.06. The summed E-state index contributed by atoms with van der Waals surface area (Å²) in [5.74, 6) is 0.241. The van der Waals surface area contributed by atoms with Gasteiger partial charge in [0.25, 0.3) is 11.8 Å². The second kappa shape index (κ2) is 7.74. The summed E-state index contributed by atoms with van der Waals surface area (Å²) >= 11 is 5.96. The minimum absolute atomic E-state index is 0.104. The highest BCUT2D eigenvalue weighted by molar-refractivity contribution is 6.30. The Morgan fingerprint density at radius 2 is 2.09 bits per heavy atom. The summed E-state index contributed by atoms with van der Waals surface area (Å²) in [7, 11) is 0. The van der Waals surface area contributed by atoms with Gasteiger partial charge in [-0.05, 0) is 37.5 Å². The van der Waals surface area contributed by atoms with E-state index < -0.39 is 25.2 Å². The topological polar surface area (TPSA) is 108 Å². The molecule has 2 bridgehead atoms. The number of carbonyl (C=O) groups excluding carboxylic acids is 1. The van der Waals surface area contributed by atoms with E-state index in [0.717, 1.165) is 0 Å². The van der Waals surface area contributed by atoms with Gasteiger partial charge in [0.2, 0.25) is 0 Å². The summed E-state index contributed by atoms with van der Waals surface area (Å²) in [6, 6.07) is 4.90. The first kappa shape index (κ1) is 22.2. The largest absolute Gasteiger partial charge is 0.522 e. The third-order valence-corrected chi connectivity index (χ3v) is 6.51. The molecule has 1 aromatic carbocycles. The van der Waals surface area contributed by atoms with Gasteiger partial charge in [-0.1, -0.05) is 21.9 Å². The van der Waals surface area contributed by atoms with Crippen LogP contribution in [0.15, 0.2) is 24.4 Å². The predicted molar refractivity (Wildman–Crippen MR) is 106 cm³/mol. The Labute approximate surface area is 190 Å². The number of fused-ring (bicyclic) bond motifs is 1. The van der Waals surface area contributed by atoms with E-state index >= 15 is 0 Å². The van der Waals surface area contributed by atoms with Crippen LogP contribution < -0.4 is 14.8 Å². The standard InChI is InChI=1S/C20H20ClF3N4O5/c21-11-1-2-14-12(5-11)13(29)6-15(33-14)17(30)25-18-8-19(9-18,10-18)28-7-16(26-27-28)31-3-4-32-20(22,23)24/h1-2,5,7,13,15,29H,3-4,6,8-10H2,(H,25,30)/t13-,15-,18?,19?/m1/s1. The van der Waals surface area contributed by atoms with Crippen molar-refractivity contribution in [2.45, 2.75) is 55.3 Å². The summed E-state index contributed by atoms with van der Waals surface area (Å²) in [5, 5.41) is 21.7. The van der Waals surface area contributed by atoms with Gasteiger partial charge in [0, 0.05) is 22.5 Å². The second-order valence-corrected chi connectivity index (χ2v) is 9.14. The highest BCUT2D eigenvalue weighted by atomic mass is 35.5. The smallest absolute Gasteiger partial charge is 0.480 e. The van der Waals surface area contributed by atoms with Crippen molar-refractivity contribution < 1.29 is 37.3 Å². The molecular formula is C20H20ClF3N4O5. The van der Waals surface area contributed by atoms with Crippen LogP contribution in [0.2, 0.25) is 5.02 Å². The minimum Gasteiger partial charge on any atom is -0.480 e. The van der Waals surface area contributed by atoms with E-state index in [9.17, 15) is 23.1 Å². The average molecular weight is 489 g/mol. The fourth-order valence-electron chi connectivity index (χ4n) is 4.88. The van der Waals surface area contributed by atoms with Gasteiger partial charge in [0.15, 0.2) is 6.10 Å². The summed E-state index contributed by atoms with van der Waals surface area (Å²) in [4.78, 5) is 12.8. The van der Waals surface area contributed by atoms with Crippen molar-refractivity contribution in [3.8, 4) is 11.6 Å². The zero-order chi connectivity index (χ0) is 23.4. The molecule has 0 spiro atoms. The first-order chi connectivity index (χ1) is 15.6. The van der Waals surface area contributed by atoms with Crippen LogP contribution in [0.3, 0.4) is 0 Å². The number of nitrogens with zero attached hydrogens (tertiary/aromatic N) is 3. The van der Waals surface area contributed by atoms with Crippen molar-refractivity contribution in [1.29, 1.82) is 0 Å². The summed E-state index contributed by atoms with van der Waals surface area (Å²) in [6.07, 6.45) is -2.82. The monoisotopic (exact) mass is 488 g/mol. The van der Waals surface area contributed by atoms with Gasteiger partial charge >= 0.3 is 6.36 Å². The van der Waals surface area contributed by atoms with Gasteiger partial charge in [0.05, 0.1) is 24.4 Å². The Kier molecular flexibility index (Phi) is 5.22. The maximum atomic E-state index is 12.8.